The maximum absolute atomic E-state index is 11.5. The van der Waals surface area contributed by atoms with Crippen LogP contribution < -0.4 is 11.1 Å². The second kappa shape index (κ2) is 9.25. The van der Waals surface area contributed by atoms with Crippen molar-refractivity contribution in [3.8, 4) is 0 Å². The van der Waals surface area contributed by atoms with Crippen LogP contribution in [0.3, 0.4) is 0 Å². The number of carbonyl (C=O) groups is 1. The molecule has 0 saturated heterocycles. The van der Waals surface area contributed by atoms with E-state index in [1.165, 1.54) is 0 Å². The third-order valence-electron chi connectivity index (χ3n) is 2.35. The lowest BCUT2D eigenvalue weighted by Gasteiger charge is -2.05. The maximum Gasteiger partial charge on any atom is 0.230 e. The summed E-state index contributed by atoms with van der Waals surface area (Å²) in [5, 5.41) is 3.63. The van der Waals surface area contributed by atoms with E-state index in [1.807, 2.05) is 24.3 Å². The van der Waals surface area contributed by atoms with Crippen LogP contribution in [0.5, 0.6) is 0 Å². The molecular formula is C13H19ClN2OS. The molecule has 3 N–H and O–H groups in total. The van der Waals surface area contributed by atoms with Crippen LogP contribution in [-0.4, -0.2) is 30.5 Å². The van der Waals surface area contributed by atoms with Gasteiger partial charge in [0.25, 0.3) is 0 Å². The van der Waals surface area contributed by atoms with E-state index in [1.54, 1.807) is 11.8 Å². The van der Waals surface area contributed by atoms with Gasteiger partial charge >= 0.3 is 0 Å². The number of hydrogen-bond acceptors (Lipinski definition) is 3. The Bertz CT molecular complexity index is 374. The molecule has 0 aliphatic carbocycles. The molecule has 5 heteroatoms. The first-order chi connectivity index (χ1) is 8.72. The Kier molecular flexibility index (Phi) is 7.89. The first-order valence-electron chi connectivity index (χ1n) is 6.01. The van der Waals surface area contributed by atoms with E-state index < -0.39 is 0 Å². The highest BCUT2D eigenvalue weighted by Gasteiger charge is 2.01. The van der Waals surface area contributed by atoms with E-state index in [0.717, 1.165) is 29.2 Å². The molecule has 3 nitrogen and oxygen atoms in total. The number of halogens is 1. The van der Waals surface area contributed by atoms with Crippen molar-refractivity contribution in [2.75, 3.05) is 24.6 Å². The molecule has 1 amide bonds. The summed E-state index contributed by atoms with van der Waals surface area (Å²) < 4.78 is 0. The van der Waals surface area contributed by atoms with Crippen LogP contribution in [-0.2, 0) is 11.2 Å². The van der Waals surface area contributed by atoms with Gasteiger partial charge in [-0.05, 0) is 42.8 Å². The van der Waals surface area contributed by atoms with Crippen molar-refractivity contribution in [3.05, 3.63) is 34.9 Å². The quantitative estimate of drug-likeness (QED) is 0.720. The summed E-state index contributed by atoms with van der Waals surface area (Å²) in [6.45, 7) is 1.33. The number of benzene rings is 1. The highest BCUT2D eigenvalue weighted by atomic mass is 35.5. The van der Waals surface area contributed by atoms with Gasteiger partial charge in [-0.15, -0.1) is 0 Å². The van der Waals surface area contributed by atoms with Crippen molar-refractivity contribution in [3.63, 3.8) is 0 Å². The lowest BCUT2D eigenvalue weighted by Crippen LogP contribution is -2.27. The van der Waals surface area contributed by atoms with Gasteiger partial charge < -0.3 is 11.1 Å². The van der Waals surface area contributed by atoms with Crippen LogP contribution in [0.2, 0.25) is 5.02 Å². The lowest BCUT2D eigenvalue weighted by atomic mass is 10.1. The minimum absolute atomic E-state index is 0.0825. The van der Waals surface area contributed by atoms with Gasteiger partial charge in [0.2, 0.25) is 5.91 Å². The van der Waals surface area contributed by atoms with Crippen molar-refractivity contribution >= 4 is 29.3 Å². The topological polar surface area (TPSA) is 55.1 Å². The largest absolute Gasteiger partial charge is 0.355 e. The fourth-order valence-electron chi connectivity index (χ4n) is 1.44. The van der Waals surface area contributed by atoms with Crippen LogP contribution in [0, 0.1) is 0 Å². The maximum atomic E-state index is 11.5. The van der Waals surface area contributed by atoms with Crippen molar-refractivity contribution in [2.24, 2.45) is 5.73 Å². The van der Waals surface area contributed by atoms with E-state index >= 15 is 0 Å². The normalized spacial score (nSPS) is 10.3. The number of rotatable bonds is 8. The SMILES string of the molecule is NCCCSCC(=O)NCCc1cccc(Cl)c1. The first kappa shape index (κ1) is 15.3. The highest BCUT2D eigenvalue weighted by Crippen LogP contribution is 2.10. The highest BCUT2D eigenvalue weighted by molar-refractivity contribution is 7.99. The standard InChI is InChI=1S/C13H19ClN2OS/c14-12-4-1-3-11(9-12)5-7-16-13(17)10-18-8-2-6-15/h1,3-4,9H,2,5-8,10,15H2,(H,16,17). The molecule has 0 heterocycles. The Morgan fingerprint density at radius 1 is 1.44 bits per heavy atom. The minimum atomic E-state index is 0.0825. The third-order valence-corrected chi connectivity index (χ3v) is 3.63. The molecule has 0 unspecified atom stereocenters. The number of hydrogen-bond donors (Lipinski definition) is 2. The van der Waals surface area contributed by atoms with Crippen molar-refractivity contribution in [1.82, 2.24) is 5.32 Å². The van der Waals surface area contributed by atoms with Crippen LogP contribution in [0.1, 0.15) is 12.0 Å². The molecule has 1 rings (SSSR count). The summed E-state index contributed by atoms with van der Waals surface area (Å²) in [5.74, 6) is 1.53. The second-order valence-corrected chi connectivity index (χ2v) is 5.47. The number of nitrogens with one attached hydrogen (secondary N) is 1. The van der Waals surface area contributed by atoms with Gasteiger partial charge in [-0.1, -0.05) is 23.7 Å². The van der Waals surface area contributed by atoms with Crippen LogP contribution in [0.4, 0.5) is 0 Å². The van der Waals surface area contributed by atoms with E-state index in [9.17, 15) is 4.79 Å². The van der Waals surface area contributed by atoms with E-state index in [0.29, 0.717) is 18.8 Å². The van der Waals surface area contributed by atoms with Crippen LogP contribution in [0.15, 0.2) is 24.3 Å². The first-order valence-corrected chi connectivity index (χ1v) is 7.54. The molecule has 0 bridgehead atoms. The molecule has 0 aliphatic rings. The molecule has 1 aromatic carbocycles. The van der Waals surface area contributed by atoms with Gasteiger partial charge in [-0.2, -0.15) is 11.8 Å². The molecule has 18 heavy (non-hydrogen) atoms. The Labute approximate surface area is 117 Å². The van der Waals surface area contributed by atoms with E-state index in [-0.39, 0.29) is 5.91 Å². The molecule has 0 aliphatic heterocycles. The average Bonchev–Trinajstić information content (AvgIpc) is 2.35. The molecular weight excluding hydrogens is 268 g/mol. The van der Waals surface area contributed by atoms with Gasteiger partial charge in [0.1, 0.15) is 0 Å². The third kappa shape index (κ3) is 6.89. The molecule has 0 atom stereocenters. The molecule has 0 spiro atoms. The second-order valence-electron chi connectivity index (χ2n) is 3.92. The summed E-state index contributed by atoms with van der Waals surface area (Å²) in [6, 6.07) is 7.69. The summed E-state index contributed by atoms with van der Waals surface area (Å²) in [5.41, 5.74) is 6.52. The van der Waals surface area contributed by atoms with E-state index in [4.69, 9.17) is 17.3 Å². The van der Waals surface area contributed by atoms with Gasteiger partial charge in [-0.3, -0.25) is 4.79 Å². The summed E-state index contributed by atoms with van der Waals surface area (Å²) in [6.07, 6.45) is 1.76. The predicted octanol–water partition coefficient (Wildman–Crippen LogP) is 2.08. The summed E-state index contributed by atoms with van der Waals surface area (Å²) >= 11 is 7.51. The zero-order valence-electron chi connectivity index (χ0n) is 10.3. The molecule has 1 aromatic rings. The zero-order valence-corrected chi connectivity index (χ0v) is 11.9. The fraction of sp³-hybridized carbons (Fsp3) is 0.462. The van der Waals surface area contributed by atoms with Crippen molar-refractivity contribution < 1.29 is 4.79 Å². The zero-order chi connectivity index (χ0) is 13.2. The minimum Gasteiger partial charge on any atom is -0.355 e. The summed E-state index contributed by atoms with van der Waals surface area (Å²) in [4.78, 5) is 11.5. The Hall–Kier alpha value is -0.710. The smallest absolute Gasteiger partial charge is 0.230 e. The van der Waals surface area contributed by atoms with Gasteiger partial charge in [0.05, 0.1) is 5.75 Å². The Balaban J connectivity index is 2.12. The van der Waals surface area contributed by atoms with Crippen LogP contribution >= 0.6 is 23.4 Å². The fourth-order valence-corrected chi connectivity index (χ4v) is 2.46. The van der Waals surface area contributed by atoms with Crippen LogP contribution in [0.25, 0.3) is 0 Å². The summed E-state index contributed by atoms with van der Waals surface area (Å²) in [7, 11) is 0. The monoisotopic (exact) mass is 286 g/mol. The van der Waals surface area contributed by atoms with Crippen molar-refractivity contribution in [1.29, 1.82) is 0 Å². The molecule has 0 aromatic heterocycles. The molecule has 0 radical (unpaired) electrons. The average molecular weight is 287 g/mol. The van der Waals surface area contributed by atoms with Gasteiger partial charge in [0.15, 0.2) is 0 Å². The number of carbonyl (C=O) groups excluding carboxylic acids is 1. The van der Waals surface area contributed by atoms with Gasteiger partial charge in [-0.25, -0.2) is 0 Å². The predicted molar refractivity (Wildman–Crippen MR) is 79.2 cm³/mol. The number of amides is 1. The molecule has 100 valence electrons. The Morgan fingerprint density at radius 2 is 2.28 bits per heavy atom. The number of thioether (sulfide) groups is 1. The lowest BCUT2D eigenvalue weighted by molar-refractivity contribution is -0.118. The van der Waals surface area contributed by atoms with Gasteiger partial charge in [0, 0.05) is 11.6 Å². The van der Waals surface area contributed by atoms with Crippen molar-refractivity contribution in [2.45, 2.75) is 12.8 Å². The molecule has 0 fully saturated rings. The van der Waals surface area contributed by atoms with E-state index in [2.05, 4.69) is 5.32 Å². The number of nitrogens with two attached hydrogens (primary N) is 1. The Morgan fingerprint density at radius 3 is 3.00 bits per heavy atom. The molecule has 0 saturated carbocycles.